The molecular formula is C36H53N7O8S. The molecule has 0 aliphatic carbocycles. The molecule has 5 rings (SSSR count). The molecular weight excluding hydrogens is 691 g/mol. The highest BCUT2D eigenvalue weighted by atomic mass is 32.2. The summed E-state index contributed by atoms with van der Waals surface area (Å²) in [7, 11) is -2.16. The highest BCUT2D eigenvalue weighted by Crippen LogP contribution is 2.33. The Labute approximate surface area is 305 Å². The molecule has 0 radical (unpaired) electrons. The molecule has 286 valence electrons. The maximum Gasteiger partial charge on any atom is 0.410 e. The molecule has 4 heterocycles. The zero-order valence-electron chi connectivity index (χ0n) is 31.3. The standard InChI is InChI=1S/C36H53N7O8S/c1-7-9-28-31-32(40(6)39-28)34(45)38-33(37-31)27-24-26(11-12-29(27)49-8-2)52(47,48)43-16-14-25(15-17-43)10-13-30(44)50-23-22-41-18-20-42(21-19-41)35(46)51-36(3,4)5/h11-12,24-25H,7-10,13-23H2,1-6H3,(H,37,38,45). The van der Waals surface area contributed by atoms with Crippen molar-refractivity contribution in [2.45, 2.75) is 83.6 Å². The van der Waals surface area contributed by atoms with Crippen LogP contribution in [-0.2, 0) is 37.8 Å². The Kier molecular flexibility index (Phi) is 12.6. The second-order valence-corrected chi connectivity index (χ2v) is 16.4. The number of hydrogen-bond acceptors (Lipinski definition) is 11. The van der Waals surface area contributed by atoms with Crippen molar-refractivity contribution < 1.29 is 32.2 Å². The van der Waals surface area contributed by atoms with Gasteiger partial charge >= 0.3 is 12.1 Å². The SMILES string of the molecule is CCCc1nn(C)c2c(=O)[nH]c(-c3cc(S(=O)(=O)N4CCC(CCC(=O)OCCN5CCN(C(=O)OC(C)(C)C)CC5)CC4)ccc3OCC)nc12. The van der Waals surface area contributed by atoms with Crippen molar-refractivity contribution in [2.24, 2.45) is 13.0 Å². The summed E-state index contributed by atoms with van der Waals surface area (Å²) in [6.07, 6.45) is 3.33. The number of aromatic nitrogens is 4. The van der Waals surface area contributed by atoms with Gasteiger partial charge in [0, 0.05) is 59.3 Å². The zero-order chi connectivity index (χ0) is 37.6. The number of sulfonamides is 1. The van der Waals surface area contributed by atoms with Crippen LogP contribution in [0, 0.1) is 5.92 Å². The third-order valence-electron chi connectivity index (χ3n) is 9.42. The van der Waals surface area contributed by atoms with Gasteiger partial charge in [0.15, 0.2) is 5.52 Å². The fraction of sp³-hybridized carbons (Fsp3) is 0.639. The third kappa shape index (κ3) is 9.50. The number of amides is 1. The normalized spacial score (nSPS) is 16.7. The largest absolute Gasteiger partial charge is 0.493 e. The van der Waals surface area contributed by atoms with E-state index in [4.69, 9.17) is 19.2 Å². The van der Waals surface area contributed by atoms with E-state index in [1.54, 1.807) is 18.0 Å². The van der Waals surface area contributed by atoms with E-state index >= 15 is 0 Å². The highest BCUT2D eigenvalue weighted by Gasteiger charge is 2.31. The van der Waals surface area contributed by atoms with Crippen LogP contribution in [0.4, 0.5) is 4.79 Å². The van der Waals surface area contributed by atoms with Crippen molar-refractivity contribution in [1.29, 1.82) is 0 Å². The molecule has 52 heavy (non-hydrogen) atoms. The quantitative estimate of drug-likeness (QED) is 0.252. The summed E-state index contributed by atoms with van der Waals surface area (Å²) in [5, 5.41) is 4.49. The first kappa shape index (κ1) is 39.2. The number of nitrogens with zero attached hydrogens (tertiary/aromatic N) is 6. The molecule has 0 bridgehead atoms. The summed E-state index contributed by atoms with van der Waals surface area (Å²) in [4.78, 5) is 49.5. The molecule has 1 amide bonds. The predicted molar refractivity (Wildman–Crippen MR) is 196 cm³/mol. The number of aryl methyl sites for hydroxylation is 2. The molecule has 0 spiro atoms. The first-order valence-corrected chi connectivity index (χ1v) is 19.7. The highest BCUT2D eigenvalue weighted by molar-refractivity contribution is 7.89. The van der Waals surface area contributed by atoms with Crippen LogP contribution in [0.5, 0.6) is 5.75 Å². The Hall–Kier alpha value is -4.02. The van der Waals surface area contributed by atoms with Crippen LogP contribution in [0.2, 0.25) is 0 Å². The summed E-state index contributed by atoms with van der Waals surface area (Å²) < 4.78 is 47.5. The van der Waals surface area contributed by atoms with Gasteiger partial charge in [0.05, 0.1) is 22.8 Å². The maximum absolute atomic E-state index is 13.9. The van der Waals surface area contributed by atoms with E-state index in [0.29, 0.717) is 106 Å². The molecule has 2 aliphatic heterocycles. The van der Waals surface area contributed by atoms with Crippen LogP contribution in [-0.4, -0.2) is 119 Å². The number of benzene rings is 1. The Balaban J connectivity index is 1.13. The Bertz CT molecular complexity index is 1890. The summed E-state index contributed by atoms with van der Waals surface area (Å²) >= 11 is 0. The van der Waals surface area contributed by atoms with Gasteiger partial charge < -0.3 is 24.1 Å². The molecule has 2 fully saturated rings. The van der Waals surface area contributed by atoms with Crippen LogP contribution in [0.25, 0.3) is 22.4 Å². The van der Waals surface area contributed by atoms with Crippen molar-refractivity contribution in [3.05, 3.63) is 34.2 Å². The topological polar surface area (TPSA) is 169 Å². The molecule has 1 N–H and O–H groups in total. The lowest BCUT2D eigenvalue weighted by Gasteiger charge is -2.35. The summed E-state index contributed by atoms with van der Waals surface area (Å²) in [6.45, 7) is 13.8. The van der Waals surface area contributed by atoms with Gasteiger partial charge in [-0.3, -0.25) is 19.2 Å². The molecule has 0 atom stereocenters. The third-order valence-corrected chi connectivity index (χ3v) is 11.3. The van der Waals surface area contributed by atoms with Crippen molar-refractivity contribution in [3.8, 4) is 17.1 Å². The second kappa shape index (κ2) is 16.8. The molecule has 2 saturated heterocycles. The number of hydrogen-bond donors (Lipinski definition) is 1. The van der Waals surface area contributed by atoms with Gasteiger partial charge in [-0.25, -0.2) is 18.2 Å². The number of esters is 1. The van der Waals surface area contributed by atoms with Gasteiger partial charge in [-0.2, -0.15) is 9.40 Å². The molecule has 2 aliphatic rings. The number of nitrogens with one attached hydrogen (secondary N) is 1. The van der Waals surface area contributed by atoms with Crippen LogP contribution < -0.4 is 10.3 Å². The number of piperidine rings is 1. The van der Waals surface area contributed by atoms with Crippen LogP contribution in [0.1, 0.15) is 72.4 Å². The number of carbonyl (C=O) groups is 2. The average molecular weight is 744 g/mol. The fourth-order valence-corrected chi connectivity index (χ4v) is 8.16. The van der Waals surface area contributed by atoms with E-state index in [2.05, 4.69) is 15.0 Å². The number of fused-ring (bicyclic) bond motifs is 1. The molecule has 0 saturated carbocycles. The lowest BCUT2D eigenvalue weighted by Crippen LogP contribution is -2.50. The zero-order valence-corrected chi connectivity index (χ0v) is 32.1. The first-order valence-electron chi connectivity index (χ1n) is 18.3. The van der Waals surface area contributed by atoms with E-state index in [0.717, 1.165) is 6.42 Å². The summed E-state index contributed by atoms with van der Waals surface area (Å²) in [5.41, 5.74) is 1.03. The number of ether oxygens (including phenoxy) is 3. The van der Waals surface area contributed by atoms with E-state index in [1.165, 1.54) is 21.1 Å². The maximum atomic E-state index is 13.9. The molecule has 3 aromatic rings. The smallest absolute Gasteiger partial charge is 0.410 e. The van der Waals surface area contributed by atoms with Gasteiger partial charge in [-0.15, -0.1) is 0 Å². The van der Waals surface area contributed by atoms with Crippen molar-refractivity contribution >= 4 is 33.1 Å². The number of aromatic amines is 1. The first-order chi connectivity index (χ1) is 24.7. The predicted octanol–water partition coefficient (Wildman–Crippen LogP) is 3.95. The Morgan fingerprint density at radius 2 is 1.75 bits per heavy atom. The van der Waals surface area contributed by atoms with E-state index in [9.17, 15) is 22.8 Å². The van der Waals surface area contributed by atoms with Gasteiger partial charge in [0.25, 0.3) is 5.56 Å². The molecule has 16 heteroatoms. The number of H-pyrrole nitrogens is 1. The number of carbonyl (C=O) groups excluding carboxylic acids is 2. The Morgan fingerprint density at radius 3 is 2.40 bits per heavy atom. The second-order valence-electron chi connectivity index (χ2n) is 14.4. The lowest BCUT2D eigenvalue weighted by molar-refractivity contribution is -0.144. The summed E-state index contributed by atoms with van der Waals surface area (Å²) in [5.74, 6) is 0.571. The average Bonchev–Trinajstić information content (AvgIpc) is 3.42. The number of piperazine rings is 1. The van der Waals surface area contributed by atoms with Crippen molar-refractivity contribution in [3.63, 3.8) is 0 Å². The van der Waals surface area contributed by atoms with E-state index in [-0.39, 0.29) is 47.3 Å². The van der Waals surface area contributed by atoms with Crippen molar-refractivity contribution in [2.75, 3.05) is 59.0 Å². The molecule has 1 aromatic carbocycles. The minimum atomic E-state index is -3.87. The Morgan fingerprint density at radius 1 is 1.04 bits per heavy atom. The van der Waals surface area contributed by atoms with Crippen LogP contribution in [0.15, 0.2) is 27.9 Å². The van der Waals surface area contributed by atoms with E-state index in [1.807, 2.05) is 34.6 Å². The fourth-order valence-electron chi connectivity index (χ4n) is 6.67. The minimum absolute atomic E-state index is 0.0851. The lowest BCUT2D eigenvalue weighted by atomic mass is 9.93. The van der Waals surface area contributed by atoms with Crippen LogP contribution >= 0.6 is 0 Å². The molecule has 0 unspecified atom stereocenters. The van der Waals surface area contributed by atoms with E-state index < -0.39 is 15.6 Å². The van der Waals surface area contributed by atoms with Gasteiger partial charge in [0.1, 0.15) is 29.3 Å². The molecule has 15 nitrogen and oxygen atoms in total. The van der Waals surface area contributed by atoms with Gasteiger partial charge in [0.2, 0.25) is 10.0 Å². The summed E-state index contributed by atoms with van der Waals surface area (Å²) in [6, 6.07) is 4.65. The van der Waals surface area contributed by atoms with Crippen molar-refractivity contribution in [1.82, 2.24) is 33.9 Å². The minimum Gasteiger partial charge on any atom is -0.493 e. The molecule has 2 aromatic heterocycles. The van der Waals surface area contributed by atoms with Gasteiger partial charge in [-0.05, 0) is 77.5 Å². The number of rotatable bonds is 13. The van der Waals surface area contributed by atoms with Crippen LogP contribution in [0.3, 0.4) is 0 Å². The van der Waals surface area contributed by atoms with Gasteiger partial charge in [-0.1, -0.05) is 13.3 Å². The monoisotopic (exact) mass is 743 g/mol.